The van der Waals surface area contributed by atoms with Crippen molar-refractivity contribution in [2.75, 3.05) is 27.7 Å². The fourth-order valence-corrected chi connectivity index (χ4v) is 0.500. The predicted octanol–water partition coefficient (Wildman–Crippen LogP) is 0.0866. The Kier molecular flexibility index (Phi) is 4.02. The van der Waals surface area contributed by atoms with Gasteiger partial charge in [-0.1, -0.05) is 0 Å². The van der Waals surface area contributed by atoms with Crippen LogP contribution in [0.1, 0.15) is 0 Å². The second-order valence-electron chi connectivity index (χ2n) is 2.12. The maximum absolute atomic E-state index is 8.37. The molecule has 0 saturated heterocycles. The van der Waals surface area contributed by atoms with Gasteiger partial charge in [-0.15, -0.1) is 0 Å². The van der Waals surface area contributed by atoms with Gasteiger partial charge >= 0.3 is 0 Å². The van der Waals surface area contributed by atoms with E-state index in [0.29, 0.717) is 6.54 Å². The van der Waals surface area contributed by atoms with Gasteiger partial charge in [0.1, 0.15) is 0 Å². The van der Waals surface area contributed by atoms with Crippen LogP contribution in [0.15, 0.2) is 0 Å². The minimum Gasteiger partial charge on any atom is -0.365 e. The summed E-state index contributed by atoms with van der Waals surface area (Å²) < 4.78 is 4.81. The third kappa shape index (κ3) is 3.95. The van der Waals surface area contributed by atoms with Crippen LogP contribution in [0.5, 0.6) is 0 Å². The van der Waals surface area contributed by atoms with Crippen molar-refractivity contribution in [3.05, 3.63) is 0 Å². The lowest BCUT2D eigenvalue weighted by Gasteiger charge is -2.12. The number of rotatable bonds is 3. The highest BCUT2D eigenvalue weighted by Crippen LogP contribution is 1.87. The molecule has 0 amide bonds. The zero-order valence-corrected chi connectivity index (χ0v) is 6.09. The van der Waals surface area contributed by atoms with Crippen LogP contribution in [0.4, 0.5) is 0 Å². The Morgan fingerprint density at radius 1 is 1.67 bits per heavy atom. The van der Waals surface area contributed by atoms with Gasteiger partial charge in [0.2, 0.25) is 0 Å². The summed E-state index contributed by atoms with van der Waals surface area (Å²) >= 11 is 0. The van der Waals surface area contributed by atoms with Crippen molar-refractivity contribution < 1.29 is 4.74 Å². The molecule has 0 heterocycles. The molecular formula is C6H12N2O. The molecule has 3 nitrogen and oxygen atoms in total. The molecule has 0 rings (SSSR count). The SMILES string of the molecule is COC(C#N)CN(C)C. The quantitative estimate of drug-likeness (QED) is 0.540. The number of nitrogens with zero attached hydrogens (tertiary/aromatic N) is 2. The largest absolute Gasteiger partial charge is 0.365 e. The summed E-state index contributed by atoms with van der Waals surface area (Å²) in [5.74, 6) is 0. The summed E-state index contributed by atoms with van der Waals surface area (Å²) in [4.78, 5) is 1.91. The van der Waals surface area contributed by atoms with Crippen molar-refractivity contribution in [1.82, 2.24) is 4.90 Å². The smallest absolute Gasteiger partial charge is 0.156 e. The van der Waals surface area contributed by atoms with Crippen molar-refractivity contribution in [3.8, 4) is 6.07 Å². The highest BCUT2D eigenvalue weighted by molar-refractivity contribution is 4.84. The number of methoxy groups -OCH3 is 1. The van der Waals surface area contributed by atoms with E-state index in [1.807, 2.05) is 25.1 Å². The molecule has 0 aromatic heterocycles. The van der Waals surface area contributed by atoms with Crippen LogP contribution in [0.3, 0.4) is 0 Å². The van der Waals surface area contributed by atoms with Gasteiger partial charge in [-0.25, -0.2) is 0 Å². The Bertz CT molecular complexity index is 106. The van der Waals surface area contributed by atoms with Crippen LogP contribution in [-0.4, -0.2) is 38.8 Å². The molecule has 0 aromatic rings. The zero-order valence-electron chi connectivity index (χ0n) is 6.09. The monoisotopic (exact) mass is 128 g/mol. The molecule has 1 unspecified atom stereocenters. The second kappa shape index (κ2) is 4.30. The topological polar surface area (TPSA) is 36.3 Å². The van der Waals surface area contributed by atoms with Crippen molar-refractivity contribution in [1.29, 1.82) is 5.26 Å². The third-order valence-electron chi connectivity index (χ3n) is 0.959. The first kappa shape index (κ1) is 8.41. The molecule has 0 aliphatic rings. The van der Waals surface area contributed by atoms with Crippen molar-refractivity contribution in [2.24, 2.45) is 0 Å². The lowest BCUT2D eigenvalue weighted by molar-refractivity contribution is 0.119. The van der Waals surface area contributed by atoms with E-state index < -0.39 is 0 Å². The van der Waals surface area contributed by atoms with Gasteiger partial charge in [0.05, 0.1) is 6.07 Å². The molecule has 52 valence electrons. The summed E-state index contributed by atoms with van der Waals surface area (Å²) in [6.45, 7) is 0.660. The van der Waals surface area contributed by atoms with Gasteiger partial charge in [0, 0.05) is 13.7 Å². The molecule has 0 aliphatic carbocycles. The van der Waals surface area contributed by atoms with Crippen molar-refractivity contribution >= 4 is 0 Å². The summed E-state index contributed by atoms with van der Waals surface area (Å²) in [7, 11) is 5.35. The second-order valence-corrected chi connectivity index (χ2v) is 2.12. The number of ether oxygens (including phenoxy) is 1. The molecule has 1 atom stereocenters. The predicted molar refractivity (Wildman–Crippen MR) is 35.0 cm³/mol. The van der Waals surface area contributed by atoms with Crippen LogP contribution < -0.4 is 0 Å². The first-order valence-electron chi connectivity index (χ1n) is 2.78. The average Bonchev–Trinajstić information content (AvgIpc) is 1.82. The van der Waals surface area contributed by atoms with E-state index in [1.54, 1.807) is 0 Å². The number of hydrogen-bond donors (Lipinski definition) is 0. The van der Waals surface area contributed by atoms with Gasteiger partial charge in [0.25, 0.3) is 0 Å². The van der Waals surface area contributed by atoms with Gasteiger partial charge in [-0.05, 0) is 14.1 Å². The number of nitriles is 1. The zero-order chi connectivity index (χ0) is 7.28. The normalized spacial score (nSPS) is 13.2. The summed E-state index contributed by atoms with van der Waals surface area (Å²) in [6.07, 6.45) is -0.292. The summed E-state index contributed by atoms with van der Waals surface area (Å²) in [6, 6.07) is 2.02. The van der Waals surface area contributed by atoms with Crippen molar-refractivity contribution in [3.63, 3.8) is 0 Å². The lowest BCUT2D eigenvalue weighted by atomic mass is 10.4. The Morgan fingerprint density at radius 2 is 2.22 bits per heavy atom. The molecule has 0 aromatic carbocycles. The highest BCUT2D eigenvalue weighted by Gasteiger charge is 2.04. The minimum absolute atomic E-state index is 0.292. The van der Waals surface area contributed by atoms with Gasteiger partial charge in [0.15, 0.2) is 6.10 Å². The molecular weight excluding hydrogens is 116 g/mol. The van der Waals surface area contributed by atoms with E-state index >= 15 is 0 Å². The lowest BCUT2D eigenvalue weighted by Crippen LogP contribution is -2.25. The molecule has 9 heavy (non-hydrogen) atoms. The Morgan fingerprint density at radius 3 is 2.33 bits per heavy atom. The maximum Gasteiger partial charge on any atom is 0.156 e. The Balaban J connectivity index is 3.47. The van der Waals surface area contributed by atoms with Gasteiger partial charge in [-0.3, -0.25) is 0 Å². The van der Waals surface area contributed by atoms with Crippen LogP contribution in [0.25, 0.3) is 0 Å². The van der Waals surface area contributed by atoms with Gasteiger partial charge in [-0.2, -0.15) is 5.26 Å². The Hall–Kier alpha value is -0.590. The maximum atomic E-state index is 8.37. The molecule has 3 heteroatoms. The first-order valence-corrected chi connectivity index (χ1v) is 2.78. The third-order valence-corrected chi connectivity index (χ3v) is 0.959. The van der Waals surface area contributed by atoms with Crippen LogP contribution in [0, 0.1) is 11.3 Å². The molecule has 0 N–H and O–H groups in total. The van der Waals surface area contributed by atoms with Crippen LogP contribution >= 0.6 is 0 Å². The highest BCUT2D eigenvalue weighted by atomic mass is 16.5. The Labute approximate surface area is 55.8 Å². The van der Waals surface area contributed by atoms with E-state index in [-0.39, 0.29) is 6.10 Å². The molecule has 0 fully saturated rings. The number of likely N-dealkylation sites (N-methyl/N-ethyl adjacent to an activating group) is 1. The van der Waals surface area contributed by atoms with E-state index in [4.69, 9.17) is 10.00 Å². The van der Waals surface area contributed by atoms with E-state index in [9.17, 15) is 0 Å². The summed E-state index contributed by atoms with van der Waals surface area (Å²) in [5, 5.41) is 8.37. The van der Waals surface area contributed by atoms with Crippen LogP contribution in [0.2, 0.25) is 0 Å². The minimum atomic E-state index is -0.292. The summed E-state index contributed by atoms with van der Waals surface area (Å²) in [5.41, 5.74) is 0. The van der Waals surface area contributed by atoms with Gasteiger partial charge < -0.3 is 9.64 Å². The first-order chi connectivity index (χ1) is 4.20. The van der Waals surface area contributed by atoms with E-state index in [0.717, 1.165) is 0 Å². The number of hydrogen-bond acceptors (Lipinski definition) is 3. The average molecular weight is 128 g/mol. The fraction of sp³-hybridized carbons (Fsp3) is 0.833. The standard InChI is InChI=1S/C6H12N2O/c1-8(2)5-6(4-7)9-3/h6H,5H2,1-3H3. The van der Waals surface area contributed by atoms with Crippen LogP contribution in [-0.2, 0) is 4.74 Å². The molecule has 0 radical (unpaired) electrons. The molecule has 0 saturated carbocycles. The molecule has 0 bridgehead atoms. The van der Waals surface area contributed by atoms with Crippen molar-refractivity contribution in [2.45, 2.75) is 6.10 Å². The van der Waals surface area contributed by atoms with E-state index in [2.05, 4.69) is 0 Å². The fourth-order valence-electron chi connectivity index (χ4n) is 0.500. The van der Waals surface area contributed by atoms with E-state index in [1.165, 1.54) is 7.11 Å². The molecule has 0 spiro atoms. The molecule has 0 aliphatic heterocycles.